The van der Waals surface area contributed by atoms with E-state index in [-0.39, 0.29) is 55.7 Å². The van der Waals surface area contributed by atoms with Gasteiger partial charge in [-0.3, -0.25) is 14.4 Å². The topological polar surface area (TPSA) is 85.4 Å². The number of nitrogens with zero attached hydrogens (tertiary/aromatic N) is 2. The van der Waals surface area contributed by atoms with Crippen LogP contribution in [0, 0.1) is 5.82 Å². The molecular formula is C24H26ClFN2O6. The van der Waals surface area contributed by atoms with Crippen molar-refractivity contribution >= 4 is 29.4 Å². The number of hydrogen-bond acceptors (Lipinski definition) is 6. The fraction of sp³-hybridized carbons (Fsp3) is 0.375. The van der Waals surface area contributed by atoms with Crippen molar-refractivity contribution < 1.29 is 33.0 Å². The summed E-state index contributed by atoms with van der Waals surface area (Å²) < 4.78 is 30.3. The molecule has 34 heavy (non-hydrogen) atoms. The van der Waals surface area contributed by atoms with E-state index in [0.29, 0.717) is 5.75 Å². The number of ether oxygens (including phenoxy) is 3. The van der Waals surface area contributed by atoms with Crippen LogP contribution in [0.25, 0.3) is 0 Å². The molecule has 0 aromatic heterocycles. The fourth-order valence-electron chi connectivity index (χ4n) is 3.59. The number of carbonyl (C=O) groups is 3. The Morgan fingerprint density at radius 2 is 1.94 bits per heavy atom. The minimum absolute atomic E-state index is 0.00170. The molecule has 1 atom stereocenters. The number of halogens is 2. The van der Waals surface area contributed by atoms with Crippen molar-refractivity contribution in [3.05, 3.63) is 64.4 Å². The number of methoxy groups -OCH3 is 2. The van der Waals surface area contributed by atoms with Crippen LogP contribution in [0.2, 0.25) is 5.02 Å². The molecule has 8 nitrogen and oxygen atoms in total. The first-order valence-electron chi connectivity index (χ1n) is 10.6. The largest absolute Gasteiger partial charge is 0.497 e. The number of benzene rings is 2. The lowest BCUT2D eigenvalue weighted by Gasteiger charge is -2.25. The van der Waals surface area contributed by atoms with Crippen LogP contribution < -0.4 is 4.74 Å². The average molecular weight is 493 g/mol. The van der Waals surface area contributed by atoms with Gasteiger partial charge >= 0.3 is 5.97 Å². The highest BCUT2D eigenvalue weighted by atomic mass is 35.5. The second-order valence-electron chi connectivity index (χ2n) is 7.76. The van der Waals surface area contributed by atoms with Crippen LogP contribution >= 0.6 is 11.6 Å². The average Bonchev–Trinajstić information content (AvgIpc) is 3.00. The summed E-state index contributed by atoms with van der Waals surface area (Å²) in [4.78, 5) is 40.3. The van der Waals surface area contributed by atoms with Gasteiger partial charge in [0.05, 0.1) is 38.9 Å². The Morgan fingerprint density at radius 3 is 2.68 bits per heavy atom. The number of amides is 2. The summed E-state index contributed by atoms with van der Waals surface area (Å²) in [6, 6.07) is 11.0. The minimum Gasteiger partial charge on any atom is -0.497 e. The van der Waals surface area contributed by atoms with E-state index in [4.69, 9.17) is 21.1 Å². The van der Waals surface area contributed by atoms with Gasteiger partial charge in [0.15, 0.2) is 0 Å². The number of esters is 1. The molecular weight excluding hydrogens is 467 g/mol. The maximum atomic E-state index is 14.3. The van der Waals surface area contributed by atoms with Crippen molar-refractivity contribution in [2.24, 2.45) is 0 Å². The second-order valence-corrected chi connectivity index (χ2v) is 8.20. The summed E-state index contributed by atoms with van der Waals surface area (Å²) in [6.07, 6.45) is -0.580. The zero-order chi connectivity index (χ0) is 24.7. The van der Waals surface area contributed by atoms with Crippen LogP contribution in [0.3, 0.4) is 0 Å². The Hall–Kier alpha value is -3.17. The van der Waals surface area contributed by atoms with E-state index >= 15 is 0 Å². The quantitative estimate of drug-likeness (QED) is 0.527. The Balaban J connectivity index is 1.80. The summed E-state index contributed by atoms with van der Waals surface area (Å²) in [7, 11) is 2.83. The Bertz CT molecular complexity index is 1050. The van der Waals surface area contributed by atoms with Gasteiger partial charge in [-0.1, -0.05) is 23.7 Å². The standard InChI is InChI=1S/C24H26ClFN2O6/c1-32-18-5-3-4-16(10-18)15-34-19-12-27(9-8-23(30)33-2)22(29)14-28(13-19)24(31)20-11-17(25)6-7-21(20)26/h3-7,10-11,19H,8-9,12-15H2,1-2H3. The molecule has 0 N–H and O–H groups in total. The van der Waals surface area contributed by atoms with Crippen LogP contribution in [0.1, 0.15) is 22.3 Å². The molecule has 2 aromatic rings. The maximum Gasteiger partial charge on any atom is 0.307 e. The summed E-state index contributed by atoms with van der Waals surface area (Å²) >= 11 is 5.95. The first-order valence-corrected chi connectivity index (χ1v) is 11.0. The zero-order valence-corrected chi connectivity index (χ0v) is 19.7. The van der Waals surface area contributed by atoms with Crippen molar-refractivity contribution in [2.45, 2.75) is 19.1 Å². The van der Waals surface area contributed by atoms with E-state index in [1.54, 1.807) is 7.11 Å². The molecule has 2 aromatic carbocycles. The van der Waals surface area contributed by atoms with Gasteiger partial charge in [0.2, 0.25) is 5.91 Å². The third kappa shape index (κ3) is 6.68. The normalized spacial score (nSPS) is 16.2. The molecule has 1 heterocycles. The SMILES string of the molecule is COC(=O)CCN1CC(OCc2cccc(OC)c2)CN(C(=O)c2cc(Cl)ccc2F)CC1=O. The Labute approximate surface area is 202 Å². The van der Waals surface area contributed by atoms with Crippen molar-refractivity contribution in [1.82, 2.24) is 9.80 Å². The fourth-order valence-corrected chi connectivity index (χ4v) is 3.76. The van der Waals surface area contributed by atoms with Crippen LogP contribution in [-0.4, -0.2) is 74.1 Å². The summed E-state index contributed by atoms with van der Waals surface area (Å²) in [5, 5.41) is 0.205. The minimum atomic E-state index is -0.734. The predicted molar refractivity (Wildman–Crippen MR) is 122 cm³/mol. The molecule has 1 aliphatic rings. The first-order chi connectivity index (χ1) is 16.3. The molecule has 0 spiro atoms. The highest BCUT2D eigenvalue weighted by Crippen LogP contribution is 2.20. The maximum absolute atomic E-state index is 14.3. The van der Waals surface area contributed by atoms with E-state index in [1.807, 2.05) is 24.3 Å². The summed E-state index contributed by atoms with van der Waals surface area (Å²) in [6.45, 7) is 0.230. The number of rotatable bonds is 8. The molecule has 0 saturated carbocycles. The highest BCUT2D eigenvalue weighted by molar-refractivity contribution is 6.31. The van der Waals surface area contributed by atoms with Crippen LogP contribution in [0.15, 0.2) is 42.5 Å². The van der Waals surface area contributed by atoms with Crippen LogP contribution in [-0.2, 0) is 25.7 Å². The lowest BCUT2D eigenvalue weighted by molar-refractivity contribution is -0.142. The van der Waals surface area contributed by atoms with E-state index < -0.39 is 23.8 Å². The van der Waals surface area contributed by atoms with E-state index in [1.165, 1.54) is 29.0 Å². The summed E-state index contributed by atoms with van der Waals surface area (Å²) in [5.74, 6) is -1.57. The van der Waals surface area contributed by atoms with Gasteiger partial charge < -0.3 is 24.0 Å². The lowest BCUT2D eigenvalue weighted by atomic mass is 10.1. The first kappa shape index (κ1) is 25.5. The highest BCUT2D eigenvalue weighted by Gasteiger charge is 2.32. The molecule has 1 aliphatic heterocycles. The Kier molecular flexibility index (Phi) is 8.84. The van der Waals surface area contributed by atoms with Crippen molar-refractivity contribution in [1.29, 1.82) is 0 Å². The van der Waals surface area contributed by atoms with Crippen molar-refractivity contribution in [2.75, 3.05) is 40.4 Å². The van der Waals surface area contributed by atoms with Gasteiger partial charge in [-0.25, -0.2) is 4.39 Å². The third-order valence-electron chi connectivity index (χ3n) is 5.41. The number of carbonyl (C=O) groups excluding carboxylic acids is 3. The summed E-state index contributed by atoms with van der Waals surface area (Å²) in [5.41, 5.74) is 0.615. The third-order valence-corrected chi connectivity index (χ3v) is 5.64. The molecule has 0 radical (unpaired) electrons. The van der Waals surface area contributed by atoms with Gasteiger partial charge in [0, 0.05) is 24.7 Å². The lowest BCUT2D eigenvalue weighted by Crippen LogP contribution is -2.40. The molecule has 1 unspecified atom stereocenters. The smallest absolute Gasteiger partial charge is 0.307 e. The molecule has 182 valence electrons. The van der Waals surface area contributed by atoms with E-state index in [9.17, 15) is 18.8 Å². The van der Waals surface area contributed by atoms with Crippen molar-refractivity contribution in [3.63, 3.8) is 0 Å². The Morgan fingerprint density at radius 1 is 1.15 bits per heavy atom. The molecule has 0 bridgehead atoms. The second kappa shape index (κ2) is 11.8. The molecule has 2 amide bonds. The van der Waals surface area contributed by atoms with Gasteiger partial charge in [0.1, 0.15) is 18.1 Å². The molecule has 3 rings (SSSR count). The van der Waals surface area contributed by atoms with Gasteiger partial charge in [-0.05, 0) is 35.9 Å². The monoisotopic (exact) mass is 492 g/mol. The van der Waals surface area contributed by atoms with Crippen LogP contribution in [0.4, 0.5) is 4.39 Å². The molecule has 1 saturated heterocycles. The van der Waals surface area contributed by atoms with Gasteiger partial charge in [-0.2, -0.15) is 0 Å². The van der Waals surface area contributed by atoms with Gasteiger partial charge in [0.25, 0.3) is 5.91 Å². The van der Waals surface area contributed by atoms with Crippen LogP contribution in [0.5, 0.6) is 5.75 Å². The van der Waals surface area contributed by atoms with Gasteiger partial charge in [-0.15, -0.1) is 0 Å². The van der Waals surface area contributed by atoms with E-state index in [2.05, 4.69) is 4.74 Å². The zero-order valence-electron chi connectivity index (χ0n) is 19.0. The molecule has 10 heteroatoms. The van der Waals surface area contributed by atoms with E-state index in [0.717, 1.165) is 11.6 Å². The molecule has 1 fully saturated rings. The predicted octanol–water partition coefficient (Wildman–Crippen LogP) is 2.92. The number of hydrogen-bond donors (Lipinski definition) is 0. The molecule has 0 aliphatic carbocycles. The van der Waals surface area contributed by atoms with Crippen molar-refractivity contribution in [3.8, 4) is 5.75 Å².